The normalized spacial score (nSPS) is 22.8. The maximum atomic E-state index is 12.9. The minimum Gasteiger partial charge on any atom is -0.373 e. The Labute approximate surface area is 147 Å². The standard InChI is InChI=1S/C19H23N3O3/c1-2-17-20-19(21-25-17)15-8-5-10-22(15)18(23)12-16-14-7-4-3-6-13(14)9-11-24-16/h3-4,6-7,15-16H,2,5,8-12H2,1H3/t15-,16+/m0/s1. The van der Waals surface area contributed by atoms with Crippen LogP contribution >= 0.6 is 0 Å². The molecule has 1 saturated heterocycles. The van der Waals surface area contributed by atoms with E-state index in [4.69, 9.17) is 9.26 Å². The van der Waals surface area contributed by atoms with Gasteiger partial charge in [-0.3, -0.25) is 4.79 Å². The Morgan fingerprint density at radius 1 is 1.36 bits per heavy atom. The summed E-state index contributed by atoms with van der Waals surface area (Å²) >= 11 is 0. The second kappa shape index (κ2) is 6.96. The maximum Gasteiger partial charge on any atom is 0.226 e. The van der Waals surface area contributed by atoms with Crippen molar-refractivity contribution in [3.05, 3.63) is 47.1 Å². The second-order valence-electron chi connectivity index (χ2n) is 6.66. The SMILES string of the molecule is CCc1nc([C@@H]2CCCN2C(=O)C[C@H]2OCCc3ccccc32)no1. The van der Waals surface area contributed by atoms with Gasteiger partial charge in [-0.15, -0.1) is 0 Å². The van der Waals surface area contributed by atoms with Gasteiger partial charge < -0.3 is 14.2 Å². The lowest BCUT2D eigenvalue weighted by Crippen LogP contribution is -2.33. The number of likely N-dealkylation sites (tertiary alicyclic amines) is 1. The molecule has 0 bridgehead atoms. The van der Waals surface area contributed by atoms with Crippen LogP contribution in [0.4, 0.5) is 0 Å². The van der Waals surface area contributed by atoms with Crippen molar-refractivity contribution in [2.75, 3.05) is 13.2 Å². The highest BCUT2D eigenvalue weighted by Crippen LogP contribution is 2.34. The van der Waals surface area contributed by atoms with Crippen molar-refractivity contribution in [3.63, 3.8) is 0 Å². The summed E-state index contributed by atoms with van der Waals surface area (Å²) in [5.41, 5.74) is 2.43. The van der Waals surface area contributed by atoms with E-state index in [9.17, 15) is 4.79 Å². The Morgan fingerprint density at radius 3 is 3.08 bits per heavy atom. The van der Waals surface area contributed by atoms with Gasteiger partial charge in [0, 0.05) is 13.0 Å². The van der Waals surface area contributed by atoms with Crippen molar-refractivity contribution >= 4 is 5.91 Å². The van der Waals surface area contributed by atoms with Crippen LogP contribution in [-0.4, -0.2) is 34.1 Å². The summed E-state index contributed by atoms with van der Waals surface area (Å²) in [6.07, 6.45) is 3.68. The Kier molecular flexibility index (Phi) is 4.53. The number of rotatable bonds is 4. The predicted octanol–water partition coefficient (Wildman–Crippen LogP) is 3.00. The second-order valence-corrected chi connectivity index (χ2v) is 6.66. The first-order valence-electron chi connectivity index (χ1n) is 9.07. The molecule has 1 amide bonds. The molecular weight excluding hydrogens is 318 g/mol. The molecule has 0 saturated carbocycles. The average molecular weight is 341 g/mol. The molecule has 1 aromatic carbocycles. The zero-order chi connectivity index (χ0) is 17.2. The van der Waals surface area contributed by atoms with Crippen molar-refractivity contribution in [3.8, 4) is 0 Å². The lowest BCUT2D eigenvalue weighted by Gasteiger charge is -2.29. The van der Waals surface area contributed by atoms with E-state index in [0.717, 1.165) is 31.4 Å². The number of benzene rings is 1. The minimum absolute atomic E-state index is 0.0737. The van der Waals surface area contributed by atoms with Gasteiger partial charge in [0.2, 0.25) is 11.8 Å². The van der Waals surface area contributed by atoms with E-state index in [1.54, 1.807) is 0 Å². The zero-order valence-electron chi connectivity index (χ0n) is 14.5. The maximum absolute atomic E-state index is 12.9. The van der Waals surface area contributed by atoms with E-state index in [0.29, 0.717) is 31.2 Å². The number of fused-ring (bicyclic) bond motifs is 1. The topological polar surface area (TPSA) is 68.5 Å². The van der Waals surface area contributed by atoms with Gasteiger partial charge in [-0.05, 0) is 30.4 Å². The highest BCUT2D eigenvalue weighted by Gasteiger charge is 2.35. The molecule has 0 N–H and O–H groups in total. The summed E-state index contributed by atoms with van der Waals surface area (Å²) < 4.78 is 11.1. The summed E-state index contributed by atoms with van der Waals surface area (Å²) in [7, 11) is 0. The zero-order valence-corrected chi connectivity index (χ0v) is 14.5. The van der Waals surface area contributed by atoms with Crippen molar-refractivity contribution in [2.24, 2.45) is 0 Å². The molecule has 1 fully saturated rings. The number of hydrogen-bond donors (Lipinski definition) is 0. The Hall–Kier alpha value is -2.21. The number of nitrogens with zero attached hydrogens (tertiary/aromatic N) is 3. The number of hydrogen-bond acceptors (Lipinski definition) is 5. The molecule has 2 aliphatic heterocycles. The Balaban J connectivity index is 1.49. The van der Waals surface area contributed by atoms with Crippen LogP contribution in [0.5, 0.6) is 0 Å². The highest BCUT2D eigenvalue weighted by molar-refractivity contribution is 5.77. The van der Waals surface area contributed by atoms with E-state index in [1.165, 1.54) is 5.56 Å². The van der Waals surface area contributed by atoms with E-state index in [1.807, 2.05) is 24.0 Å². The van der Waals surface area contributed by atoms with Crippen LogP contribution in [0, 0.1) is 0 Å². The van der Waals surface area contributed by atoms with Gasteiger partial charge in [0.15, 0.2) is 5.82 Å². The minimum atomic E-state index is -0.157. The molecule has 2 aromatic rings. The van der Waals surface area contributed by atoms with Crippen molar-refractivity contribution in [1.82, 2.24) is 15.0 Å². The predicted molar refractivity (Wildman–Crippen MR) is 90.8 cm³/mol. The third kappa shape index (κ3) is 3.18. The van der Waals surface area contributed by atoms with Crippen LogP contribution in [0.3, 0.4) is 0 Å². The third-order valence-corrected chi connectivity index (χ3v) is 5.11. The smallest absolute Gasteiger partial charge is 0.226 e. The van der Waals surface area contributed by atoms with Gasteiger partial charge in [-0.1, -0.05) is 36.3 Å². The molecule has 6 nitrogen and oxygen atoms in total. The molecule has 0 unspecified atom stereocenters. The first kappa shape index (κ1) is 16.3. The molecule has 3 heterocycles. The number of aryl methyl sites for hydroxylation is 1. The molecule has 0 spiro atoms. The van der Waals surface area contributed by atoms with Crippen molar-refractivity contribution in [2.45, 2.75) is 51.2 Å². The van der Waals surface area contributed by atoms with Gasteiger partial charge in [0.25, 0.3) is 0 Å². The van der Waals surface area contributed by atoms with Crippen molar-refractivity contribution in [1.29, 1.82) is 0 Å². The fourth-order valence-corrected chi connectivity index (χ4v) is 3.80. The molecular formula is C19H23N3O3. The van der Waals surface area contributed by atoms with Gasteiger partial charge in [0.05, 0.1) is 25.2 Å². The Morgan fingerprint density at radius 2 is 2.24 bits per heavy atom. The first-order valence-corrected chi connectivity index (χ1v) is 9.07. The van der Waals surface area contributed by atoms with Crippen LogP contribution in [0.15, 0.2) is 28.8 Å². The lowest BCUT2D eigenvalue weighted by molar-refractivity contribution is -0.135. The molecule has 4 rings (SSSR count). The van der Waals surface area contributed by atoms with E-state index in [-0.39, 0.29) is 18.1 Å². The van der Waals surface area contributed by atoms with Gasteiger partial charge in [-0.25, -0.2) is 0 Å². The third-order valence-electron chi connectivity index (χ3n) is 5.11. The van der Waals surface area contributed by atoms with Gasteiger partial charge in [0.1, 0.15) is 0 Å². The van der Waals surface area contributed by atoms with E-state index < -0.39 is 0 Å². The summed E-state index contributed by atoms with van der Waals surface area (Å²) in [5, 5.41) is 4.07. The Bertz CT molecular complexity index is 758. The largest absolute Gasteiger partial charge is 0.373 e. The monoisotopic (exact) mass is 341 g/mol. The van der Waals surface area contributed by atoms with Crippen LogP contribution in [0.25, 0.3) is 0 Å². The molecule has 132 valence electrons. The van der Waals surface area contributed by atoms with Crippen molar-refractivity contribution < 1.29 is 14.1 Å². The number of ether oxygens (including phenoxy) is 1. The van der Waals surface area contributed by atoms with Gasteiger partial charge in [-0.2, -0.15) is 4.98 Å². The summed E-state index contributed by atoms with van der Waals surface area (Å²) in [6, 6.07) is 8.17. The first-order chi connectivity index (χ1) is 12.3. The molecule has 6 heteroatoms. The highest BCUT2D eigenvalue weighted by atomic mass is 16.5. The average Bonchev–Trinajstić information content (AvgIpc) is 3.31. The van der Waals surface area contributed by atoms with Crippen LogP contribution in [0.1, 0.15) is 61.2 Å². The fraction of sp³-hybridized carbons (Fsp3) is 0.526. The van der Waals surface area contributed by atoms with Crippen LogP contribution < -0.4 is 0 Å². The molecule has 25 heavy (non-hydrogen) atoms. The molecule has 2 atom stereocenters. The lowest BCUT2D eigenvalue weighted by atomic mass is 9.95. The number of carbonyl (C=O) groups is 1. The molecule has 1 aromatic heterocycles. The van der Waals surface area contributed by atoms with Crippen LogP contribution in [0.2, 0.25) is 0 Å². The summed E-state index contributed by atoms with van der Waals surface area (Å²) in [6.45, 7) is 3.39. The molecule has 0 aliphatic carbocycles. The number of aromatic nitrogens is 2. The number of amides is 1. The fourth-order valence-electron chi connectivity index (χ4n) is 3.80. The molecule has 2 aliphatic rings. The van der Waals surface area contributed by atoms with Gasteiger partial charge >= 0.3 is 0 Å². The number of carbonyl (C=O) groups excluding carboxylic acids is 1. The quantitative estimate of drug-likeness (QED) is 0.855. The summed E-state index contributed by atoms with van der Waals surface area (Å²) in [5.74, 6) is 1.36. The van der Waals surface area contributed by atoms with E-state index in [2.05, 4.69) is 22.3 Å². The van der Waals surface area contributed by atoms with E-state index >= 15 is 0 Å². The summed E-state index contributed by atoms with van der Waals surface area (Å²) in [4.78, 5) is 19.3. The van der Waals surface area contributed by atoms with Crippen LogP contribution in [-0.2, 0) is 22.4 Å². The molecule has 0 radical (unpaired) electrons.